The second-order valence-corrected chi connectivity index (χ2v) is 2.72. The van der Waals surface area contributed by atoms with Gasteiger partial charge in [-0.15, -0.1) is 0 Å². The zero-order valence-electron chi connectivity index (χ0n) is 7.46. The molecule has 0 aliphatic carbocycles. The van der Waals surface area contributed by atoms with Crippen LogP contribution in [-0.2, 0) is 6.42 Å². The summed E-state index contributed by atoms with van der Waals surface area (Å²) in [4.78, 5) is 13.0. The van der Waals surface area contributed by atoms with Crippen molar-refractivity contribution in [2.75, 3.05) is 0 Å². The van der Waals surface area contributed by atoms with Gasteiger partial charge in [0.1, 0.15) is 0 Å². The zero-order valence-corrected chi connectivity index (χ0v) is 7.46. The quantitative estimate of drug-likeness (QED) is 0.239. The highest BCUT2D eigenvalue weighted by Gasteiger charge is 2.11. The molecule has 0 unspecified atom stereocenters. The lowest BCUT2D eigenvalue weighted by Crippen LogP contribution is -1.95. The number of nitro groups is 1. The normalized spacial score (nSPS) is 9.14. The summed E-state index contributed by atoms with van der Waals surface area (Å²) < 4.78 is 0. The molecule has 1 aromatic rings. The van der Waals surface area contributed by atoms with Gasteiger partial charge in [-0.2, -0.15) is 4.79 Å². The van der Waals surface area contributed by atoms with Gasteiger partial charge in [0.05, 0.1) is 4.92 Å². The number of hydrogen-bond acceptors (Lipinski definition) is 2. The summed E-state index contributed by atoms with van der Waals surface area (Å²) in [5, 5.41) is 10.6. The first-order valence-electron chi connectivity index (χ1n) is 4.14. The molecule has 1 aromatic carbocycles. The summed E-state index contributed by atoms with van der Waals surface area (Å²) in [7, 11) is 0. The van der Waals surface area contributed by atoms with E-state index in [1.54, 1.807) is 18.2 Å². The van der Waals surface area contributed by atoms with Crippen molar-refractivity contribution in [3.63, 3.8) is 0 Å². The molecular weight excluding hydrogens is 182 g/mol. The largest absolute Gasteiger partial charge is 0.362 e. The van der Waals surface area contributed by atoms with Crippen molar-refractivity contribution in [2.45, 2.75) is 12.8 Å². The maximum Gasteiger partial charge on any atom is 0.272 e. The molecule has 0 aromatic heterocycles. The molecule has 0 amide bonds. The van der Waals surface area contributed by atoms with E-state index >= 15 is 0 Å². The standard InChI is InChI=1S/C9H9N3O2/c10-11-7-3-5-8-4-1-2-6-9(8)12(13)14/h1-2,4,6-7H,3,5H2. The van der Waals surface area contributed by atoms with Crippen LogP contribution in [0.25, 0.3) is 5.53 Å². The van der Waals surface area contributed by atoms with Gasteiger partial charge < -0.3 is 5.53 Å². The Hall–Kier alpha value is -2.00. The molecule has 5 nitrogen and oxygen atoms in total. The smallest absolute Gasteiger partial charge is 0.272 e. The predicted octanol–water partition coefficient (Wildman–Crippen LogP) is 1.83. The molecule has 0 atom stereocenters. The van der Waals surface area contributed by atoms with Gasteiger partial charge in [-0.1, -0.05) is 18.2 Å². The van der Waals surface area contributed by atoms with Gasteiger partial charge in [-0.05, 0) is 6.42 Å². The van der Waals surface area contributed by atoms with E-state index in [2.05, 4.69) is 4.79 Å². The highest BCUT2D eigenvalue weighted by Crippen LogP contribution is 2.18. The van der Waals surface area contributed by atoms with Gasteiger partial charge in [0, 0.05) is 18.1 Å². The van der Waals surface area contributed by atoms with Crippen molar-refractivity contribution in [1.82, 2.24) is 0 Å². The van der Waals surface area contributed by atoms with Crippen LogP contribution < -0.4 is 0 Å². The first-order valence-corrected chi connectivity index (χ1v) is 4.14. The average Bonchev–Trinajstić information content (AvgIpc) is 2.19. The average molecular weight is 191 g/mol. The Morgan fingerprint density at radius 2 is 2.21 bits per heavy atom. The van der Waals surface area contributed by atoms with Crippen molar-refractivity contribution in [3.05, 3.63) is 45.5 Å². The highest BCUT2D eigenvalue weighted by molar-refractivity contribution is 5.52. The van der Waals surface area contributed by atoms with Crippen LogP contribution in [0.2, 0.25) is 0 Å². The molecule has 0 radical (unpaired) electrons. The molecule has 0 aliphatic heterocycles. The fraction of sp³-hybridized carbons (Fsp3) is 0.222. The number of hydrogen-bond donors (Lipinski definition) is 0. The van der Waals surface area contributed by atoms with Gasteiger partial charge in [0.25, 0.3) is 11.9 Å². The summed E-state index contributed by atoms with van der Waals surface area (Å²) in [6.07, 6.45) is 2.30. The maximum absolute atomic E-state index is 10.6. The van der Waals surface area contributed by atoms with Gasteiger partial charge >= 0.3 is 0 Å². The number of nitro benzene ring substituents is 1. The van der Waals surface area contributed by atoms with Crippen LogP contribution >= 0.6 is 0 Å². The third-order valence-electron chi connectivity index (χ3n) is 1.81. The summed E-state index contributed by atoms with van der Waals surface area (Å²) >= 11 is 0. The Bertz CT molecular complexity index is 383. The van der Waals surface area contributed by atoms with Crippen molar-refractivity contribution in [1.29, 1.82) is 0 Å². The predicted molar refractivity (Wildman–Crippen MR) is 51.1 cm³/mol. The molecule has 1 rings (SSSR count). The lowest BCUT2D eigenvalue weighted by Gasteiger charge is -1.98. The Morgan fingerprint density at radius 1 is 1.50 bits per heavy atom. The summed E-state index contributed by atoms with van der Waals surface area (Å²) in [5.41, 5.74) is 8.92. The molecule has 0 spiro atoms. The van der Waals surface area contributed by atoms with E-state index in [4.69, 9.17) is 5.53 Å². The minimum Gasteiger partial charge on any atom is -0.362 e. The van der Waals surface area contributed by atoms with E-state index in [1.807, 2.05) is 0 Å². The minimum atomic E-state index is -0.411. The number of rotatable bonds is 4. The monoisotopic (exact) mass is 191 g/mol. The van der Waals surface area contributed by atoms with E-state index in [0.29, 0.717) is 18.4 Å². The van der Waals surface area contributed by atoms with Crippen LogP contribution in [0.3, 0.4) is 0 Å². The van der Waals surface area contributed by atoms with E-state index in [-0.39, 0.29) is 5.69 Å². The van der Waals surface area contributed by atoms with Crippen molar-refractivity contribution >= 4 is 11.9 Å². The fourth-order valence-corrected chi connectivity index (χ4v) is 1.18. The first kappa shape index (κ1) is 10.1. The first-order chi connectivity index (χ1) is 6.75. The molecular formula is C9H9N3O2. The Kier molecular flexibility index (Phi) is 3.52. The molecule has 0 bridgehead atoms. The van der Waals surface area contributed by atoms with Gasteiger partial charge in [-0.3, -0.25) is 10.1 Å². The second-order valence-electron chi connectivity index (χ2n) is 2.72. The maximum atomic E-state index is 10.6. The van der Waals surface area contributed by atoms with E-state index in [0.717, 1.165) is 0 Å². The fourth-order valence-electron chi connectivity index (χ4n) is 1.18. The zero-order chi connectivity index (χ0) is 10.4. The van der Waals surface area contributed by atoms with Crippen LogP contribution in [-0.4, -0.2) is 15.9 Å². The molecule has 0 fully saturated rings. The molecule has 14 heavy (non-hydrogen) atoms. The SMILES string of the molecule is [N-]=[N+]=CCCc1ccccc1[N+](=O)[O-]. The van der Waals surface area contributed by atoms with Crippen molar-refractivity contribution < 1.29 is 9.71 Å². The number of para-hydroxylation sites is 1. The van der Waals surface area contributed by atoms with Crippen molar-refractivity contribution in [3.8, 4) is 0 Å². The van der Waals surface area contributed by atoms with Crippen LogP contribution in [0.15, 0.2) is 24.3 Å². The van der Waals surface area contributed by atoms with Crippen LogP contribution in [0, 0.1) is 10.1 Å². The Labute approximate surface area is 80.8 Å². The second kappa shape index (κ2) is 4.89. The van der Waals surface area contributed by atoms with E-state index < -0.39 is 4.92 Å². The number of aryl methyl sites for hydroxylation is 1. The van der Waals surface area contributed by atoms with Crippen LogP contribution in [0.1, 0.15) is 12.0 Å². The van der Waals surface area contributed by atoms with Gasteiger partial charge in [-0.25, -0.2) is 0 Å². The molecule has 0 aliphatic rings. The molecule has 5 heteroatoms. The van der Waals surface area contributed by atoms with Gasteiger partial charge in [0.15, 0.2) is 0 Å². The lowest BCUT2D eigenvalue weighted by molar-refractivity contribution is -0.385. The molecule has 0 saturated carbocycles. The Morgan fingerprint density at radius 3 is 2.86 bits per heavy atom. The van der Waals surface area contributed by atoms with Crippen molar-refractivity contribution in [2.24, 2.45) is 0 Å². The third-order valence-corrected chi connectivity index (χ3v) is 1.81. The van der Waals surface area contributed by atoms with E-state index in [9.17, 15) is 10.1 Å². The summed E-state index contributed by atoms with van der Waals surface area (Å²) in [6, 6.07) is 6.54. The summed E-state index contributed by atoms with van der Waals surface area (Å²) in [6.45, 7) is 0. The van der Waals surface area contributed by atoms with Crippen LogP contribution in [0.5, 0.6) is 0 Å². The van der Waals surface area contributed by atoms with Gasteiger partial charge in [0.2, 0.25) is 0 Å². The molecule has 0 saturated heterocycles. The van der Waals surface area contributed by atoms with E-state index in [1.165, 1.54) is 12.3 Å². The third kappa shape index (κ3) is 2.50. The molecule has 0 heterocycles. The number of benzene rings is 1. The molecule has 0 N–H and O–H groups in total. The number of nitrogens with zero attached hydrogens (tertiary/aromatic N) is 3. The van der Waals surface area contributed by atoms with Crippen LogP contribution in [0.4, 0.5) is 5.69 Å². The lowest BCUT2D eigenvalue weighted by atomic mass is 10.1. The Balaban J connectivity index is 2.84. The summed E-state index contributed by atoms with van der Waals surface area (Å²) in [5.74, 6) is 0. The topological polar surface area (TPSA) is 79.5 Å². The highest BCUT2D eigenvalue weighted by atomic mass is 16.6. The minimum absolute atomic E-state index is 0.110. The molecule has 72 valence electrons.